The first-order valence-electron chi connectivity index (χ1n) is 6.94. The van der Waals surface area contributed by atoms with Crippen LogP contribution in [0.3, 0.4) is 0 Å². The molecule has 0 spiro atoms. The van der Waals surface area contributed by atoms with Gasteiger partial charge in [-0.1, -0.05) is 24.3 Å². The zero-order valence-corrected chi connectivity index (χ0v) is 11.2. The molecular weight excluding hydrogens is 240 g/mol. The van der Waals surface area contributed by atoms with E-state index in [1.807, 2.05) is 24.3 Å². The summed E-state index contributed by atoms with van der Waals surface area (Å²) < 4.78 is 5.52. The van der Waals surface area contributed by atoms with Crippen LogP contribution in [-0.4, -0.2) is 25.2 Å². The third kappa shape index (κ3) is 4.65. The van der Waals surface area contributed by atoms with E-state index in [2.05, 4.69) is 5.32 Å². The molecule has 1 atom stereocenters. The van der Waals surface area contributed by atoms with E-state index >= 15 is 0 Å². The number of hydrogen-bond acceptors (Lipinski definition) is 3. The van der Waals surface area contributed by atoms with Crippen molar-refractivity contribution in [2.75, 3.05) is 13.2 Å². The molecule has 2 rings (SSSR count). The third-order valence-electron chi connectivity index (χ3n) is 3.44. The molecule has 1 heterocycles. The molecule has 1 saturated heterocycles. The van der Waals surface area contributed by atoms with Crippen LogP contribution in [0.4, 0.5) is 0 Å². The van der Waals surface area contributed by atoms with Crippen LogP contribution in [0.1, 0.15) is 30.4 Å². The lowest BCUT2D eigenvalue weighted by Crippen LogP contribution is -2.28. The zero-order chi connectivity index (χ0) is 13.5. The Morgan fingerprint density at radius 2 is 2.05 bits per heavy atom. The SMILES string of the molecule is NCc1ccc(CC(=O)NCCC2CCCO2)cc1. The van der Waals surface area contributed by atoms with Gasteiger partial charge in [-0.25, -0.2) is 0 Å². The summed E-state index contributed by atoms with van der Waals surface area (Å²) in [5, 5.41) is 2.94. The van der Waals surface area contributed by atoms with Crippen molar-refractivity contribution >= 4 is 5.91 Å². The van der Waals surface area contributed by atoms with Gasteiger partial charge in [-0.2, -0.15) is 0 Å². The van der Waals surface area contributed by atoms with E-state index in [1.54, 1.807) is 0 Å². The van der Waals surface area contributed by atoms with Gasteiger partial charge in [0, 0.05) is 19.7 Å². The topological polar surface area (TPSA) is 64.4 Å². The van der Waals surface area contributed by atoms with Crippen LogP contribution in [0.2, 0.25) is 0 Å². The summed E-state index contributed by atoms with van der Waals surface area (Å²) in [6.45, 7) is 2.10. The van der Waals surface area contributed by atoms with Gasteiger partial charge < -0.3 is 15.8 Å². The van der Waals surface area contributed by atoms with E-state index in [-0.39, 0.29) is 5.91 Å². The van der Waals surface area contributed by atoms with Crippen molar-refractivity contribution in [3.8, 4) is 0 Å². The molecule has 1 amide bonds. The maximum atomic E-state index is 11.8. The Balaban J connectivity index is 1.68. The van der Waals surface area contributed by atoms with Crippen LogP contribution in [0.5, 0.6) is 0 Å². The number of nitrogens with two attached hydrogens (primary N) is 1. The lowest BCUT2D eigenvalue weighted by atomic mass is 10.1. The van der Waals surface area contributed by atoms with E-state index < -0.39 is 0 Å². The molecule has 1 fully saturated rings. The number of carbonyl (C=O) groups is 1. The van der Waals surface area contributed by atoms with Gasteiger partial charge in [0.1, 0.15) is 0 Å². The summed E-state index contributed by atoms with van der Waals surface area (Å²) in [4.78, 5) is 11.8. The minimum absolute atomic E-state index is 0.0681. The second-order valence-electron chi connectivity index (χ2n) is 4.97. The van der Waals surface area contributed by atoms with Gasteiger partial charge in [-0.3, -0.25) is 4.79 Å². The Bertz CT molecular complexity index is 397. The summed E-state index contributed by atoms with van der Waals surface area (Å²) >= 11 is 0. The molecule has 19 heavy (non-hydrogen) atoms. The number of hydrogen-bond donors (Lipinski definition) is 2. The molecule has 1 unspecified atom stereocenters. The molecule has 0 aromatic heterocycles. The Morgan fingerprint density at radius 3 is 2.68 bits per heavy atom. The molecule has 3 N–H and O–H groups in total. The Labute approximate surface area is 114 Å². The fourth-order valence-electron chi connectivity index (χ4n) is 2.29. The summed E-state index contributed by atoms with van der Waals surface area (Å²) in [6, 6.07) is 7.85. The molecule has 1 aliphatic rings. The fraction of sp³-hybridized carbons (Fsp3) is 0.533. The lowest BCUT2D eigenvalue weighted by molar-refractivity contribution is -0.120. The summed E-state index contributed by atoms with van der Waals surface area (Å²) in [7, 11) is 0. The average molecular weight is 262 g/mol. The monoisotopic (exact) mass is 262 g/mol. The first-order valence-corrected chi connectivity index (χ1v) is 6.94. The molecule has 0 radical (unpaired) electrons. The second kappa shape index (κ2) is 7.26. The molecule has 1 aromatic carbocycles. The van der Waals surface area contributed by atoms with E-state index in [9.17, 15) is 4.79 Å². The Kier molecular flexibility index (Phi) is 5.36. The maximum Gasteiger partial charge on any atom is 0.224 e. The quantitative estimate of drug-likeness (QED) is 0.814. The van der Waals surface area contributed by atoms with Crippen LogP contribution in [0, 0.1) is 0 Å². The standard InChI is InChI=1S/C15H22N2O2/c16-11-13-5-3-12(4-6-13)10-15(18)17-8-7-14-2-1-9-19-14/h3-6,14H,1-2,7-11,16H2,(H,17,18). The number of rotatable bonds is 6. The van der Waals surface area contributed by atoms with Crippen molar-refractivity contribution in [2.24, 2.45) is 5.73 Å². The van der Waals surface area contributed by atoms with Crippen molar-refractivity contribution in [1.29, 1.82) is 0 Å². The van der Waals surface area contributed by atoms with Crippen molar-refractivity contribution in [3.63, 3.8) is 0 Å². The van der Waals surface area contributed by atoms with Gasteiger partial charge in [0.25, 0.3) is 0 Å². The third-order valence-corrected chi connectivity index (χ3v) is 3.44. The highest BCUT2D eigenvalue weighted by atomic mass is 16.5. The molecule has 0 bridgehead atoms. The van der Waals surface area contributed by atoms with Crippen LogP contribution in [-0.2, 0) is 22.5 Å². The molecule has 0 aliphatic carbocycles. The normalized spacial score (nSPS) is 18.5. The first-order chi connectivity index (χ1) is 9.28. The molecule has 104 valence electrons. The minimum Gasteiger partial charge on any atom is -0.378 e. The molecule has 1 aliphatic heterocycles. The number of nitrogens with one attached hydrogen (secondary N) is 1. The second-order valence-corrected chi connectivity index (χ2v) is 4.97. The number of carbonyl (C=O) groups excluding carboxylic acids is 1. The number of amides is 1. The molecule has 1 aromatic rings. The van der Waals surface area contributed by atoms with Gasteiger partial charge in [0.2, 0.25) is 5.91 Å². The lowest BCUT2D eigenvalue weighted by Gasteiger charge is -2.10. The van der Waals surface area contributed by atoms with Crippen molar-refractivity contribution in [3.05, 3.63) is 35.4 Å². The smallest absolute Gasteiger partial charge is 0.224 e. The van der Waals surface area contributed by atoms with Crippen molar-refractivity contribution in [1.82, 2.24) is 5.32 Å². The van der Waals surface area contributed by atoms with Gasteiger partial charge >= 0.3 is 0 Å². The zero-order valence-electron chi connectivity index (χ0n) is 11.2. The molecule has 4 nitrogen and oxygen atoms in total. The Hall–Kier alpha value is -1.39. The van der Waals surface area contributed by atoms with Crippen LogP contribution in [0.15, 0.2) is 24.3 Å². The van der Waals surface area contributed by atoms with E-state index in [4.69, 9.17) is 10.5 Å². The highest BCUT2D eigenvalue weighted by Gasteiger charge is 2.15. The Morgan fingerprint density at radius 1 is 1.32 bits per heavy atom. The van der Waals surface area contributed by atoms with Gasteiger partial charge in [0.05, 0.1) is 12.5 Å². The molecule has 4 heteroatoms. The van der Waals surface area contributed by atoms with Gasteiger partial charge in [-0.15, -0.1) is 0 Å². The van der Waals surface area contributed by atoms with Crippen molar-refractivity contribution < 1.29 is 9.53 Å². The summed E-state index contributed by atoms with van der Waals surface area (Å²) in [6.07, 6.45) is 3.95. The minimum atomic E-state index is 0.0681. The van der Waals surface area contributed by atoms with Crippen LogP contribution < -0.4 is 11.1 Å². The van der Waals surface area contributed by atoms with E-state index in [1.165, 1.54) is 0 Å². The largest absolute Gasteiger partial charge is 0.378 e. The average Bonchev–Trinajstić information content (AvgIpc) is 2.93. The van der Waals surface area contributed by atoms with Gasteiger partial charge in [0.15, 0.2) is 0 Å². The van der Waals surface area contributed by atoms with Crippen molar-refractivity contribution in [2.45, 2.75) is 38.3 Å². The highest BCUT2D eigenvalue weighted by Crippen LogP contribution is 2.14. The first kappa shape index (κ1) is 14.0. The summed E-state index contributed by atoms with van der Waals surface area (Å²) in [5.41, 5.74) is 7.64. The van der Waals surface area contributed by atoms with E-state index in [0.717, 1.165) is 37.0 Å². The molecule has 0 saturated carbocycles. The number of ether oxygens (including phenoxy) is 1. The van der Waals surface area contributed by atoms with Gasteiger partial charge in [-0.05, 0) is 30.4 Å². The molecular formula is C15H22N2O2. The van der Waals surface area contributed by atoms with E-state index in [0.29, 0.717) is 25.6 Å². The van der Waals surface area contributed by atoms with Crippen LogP contribution >= 0.6 is 0 Å². The summed E-state index contributed by atoms with van der Waals surface area (Å²) in [5.74, 6) is 0.0681. The fourth-order valence-corrected chi connectivity index (χ4v) is 2.29. The predicted octanol–water partition coefficient (Wildman–Crippen LogP) is 1.37. The highest BCUT2D eigenvalue weighted by molar-refractivity contribution is 5.78. The number of benzene rings is 1. The maximum absolute atomic E-state index is 11.8. The predicted molar refractivity (Wildman–Crippen MR) is 74.6 cm³/mol. The van der Waals surface area contributed by atoms with Crippen LogP contribution in [0.25, 0.3) is 0 Å².